The molecule has 0 radical (unpaired) electrons. The Kier molecular flexibility index (Phi) is 6.60. The number of carbonyl (C=O) groups excluding carboxylic acids is 1. The van der Waals surface area contributed by atoms with Crippen LogP contribution in [0.15, 0.2) is 48.8 Å². The largest absolute Gasteiger partial charge is 0.496 e. The van der Waals surface area contributed by atoms with Crippen LogP contribution in [0.5, 0.6) is 5.75 Å². The van der Waals surface area contributed by atoms with Crippen LogP contribution in [0, 0.1) is 13.8 Å². The number of aryl methyl sites for hydroxylation is 2. The molecule has 1 aromatic heterocycles. The van der Waals surface area contributed by atoms with Gasteiger partial charge in [0, 0.05) is 24.5 Å². The van der Waals surface area contributed by atoms with Gasteiger partial charge < -0.3 is 14.6 Å². The topological polar surface area (TPSA) is 56.1 Å². The van der Waals surface area contributed by atoms with Gasteiger partial charge in [0.2, 0.25) is 0 Å². The molecule has 0 saturated carbocycles. The molecule has 0 aliphatic heterocycles. The Hall–Kier alpha value is -3.08. The van der Waals surface area contributed by atoms with Crippen molar-refractivity contribution in [1.29, 1.82) is 0 Å². The highest BCUT2D eigenvalue weighted by atomic mass is 16.5. The Balaban J connectivity index is 1.72. The van der Waals surface area contributed by atoms with Gasteiger partial charge in [-0.1, -0.05) is 26.0 Å². The number of amides is 1. The second kappa shape index (κ2) is 9.16. The number of hydrogen-bond donors (Lipinski definition) is 1. The summed E-state index contributed by atoms with van der Waals surface area (Å²) >= 11 is 0. The lowest BCUT2D eigenvalue weighted by Gasteiger charge is -2.21. The molecule has 30 heavy (non-hydrogen) atoms. The van der Waals surface area contributed by atoms with Crippen LogP contribution in [-0.4, -0.2) is 22.6 Å². The minimum absolute atomic E-state index is 0.0748. The summed E-state index contributed by atoms with van der Waals surface area (Å²) < 4.78 is 7.61. The number of nitrogens with zero attached hydrogens (tertiary/aromatic N) is 2. The number of methoxy groups -OCH3 is 1. The van der Waals surface area contributed by atoms with Crippen molar-refractivity contribution in [3.8, 4) is 5.75 Å². The fraction of sp³-hybridized carbons (Fsp3) is 0.360. The molecule has 0 aliphatic carbocycles. The van der Waals surface area contributed by atoms with Crippen molar-refractivity contribution in [1.82, 2.24) is 14.9 Å². The Bertz CT molecular complexity index is 1020. The molecule has 0 aliphatic rings. The summed E-state index contributed by atoms with van der Waals surface area (Å²) in [6, 6.07) is 11.9. The molecule has 1 heterocycles. The summed E-state index contributed by atoms with van der Waals surface area (Å²) in [4.78, 5) is 17.1. The normalized spacial score (nSPS) is 12.1. The smallest absolute Gasteiger partial charge is 0.251 e. The standard InChI is InChI=1S/C25H31N3O2/c1-16(2)22-14-23(17(3)13-24(22)30-6)18(4)27-25(29)21-9-7-20(8-10-21)15-28-12-11-26-19(28)5/h7-14,16,18H,15H2,1-6H3,(H,27,29)/t18-/m1/s1. The third-order valence-corrected chi connectivity index (χ3v) is 5.55. The first-order valence-corrected chi connectivity index (χ1v) is 10.4. The van der Waals surface area contributed by atoms with Gasteiger partial charge in [0.25, 0.3) is 5.91 Å². The van der Waals surface area contributed by atoms with Crippen molar-refractivity contribution < 1.29 is 9.53 Å². The van der Waals surface area contributed by atoms with Gasteiger partial charge in [-0.15, -0.1) is 0 Å². The Morgan fingerprint density at radius 1 is 1.10 bits per heavy atom. The van der Waals surface area contributed by atoms with Crippen LogP contribution in [0.4, 0.5) is 0 Å². The molecule has 5 heteroatoms. The number of rotatable bonds is 7. The predicted octanol–water partition coefficient (Wildman–Crippen LogP) is 5.17. The zero-order valence-corrected chi connectivity index (χ0v) is 18.7. The van der Waals surface area contributed by atoms with E-state index in [1.165, 1.54) is 0 Å². The van der Waals surface area contributed by atoms with Gasteiger partial charge in [-0.05, 0) is 73.2 Å². The van der Waals surface area contributed by atoms with Crippen molar-refractivity contribution in [2.24, 2.45) is 0 Å². The molecule has 0 unspecified atom stereocenters. The Morgan fingerprint density at radius 2 is 1.80 bits per heavy atom. The third kappa shape index (κ3) is 4.73. The molecule has 1 atom stereocenters. The van der Waals surface area contributed by atoms with Crippen LogP contribution < -0.4 is 10.1 Å². The first-order valence-electron chi connectivity index (χ1n) is 10.4. The van der Waals surface area contributed by atoms with E-state index in [2.05, 4.69) is 47.8 Å². The third-order valence-electron chi connectivity index (χ3n) is 5.55. The molecular formula is C25H31N3O2. The molecule has 0 saturated heterocycles. The molecule has 0 fully saturated rings. The second-order valence-corrected chi connectivity index (χ2v) is 8.10. The SMILES string of the molecule is COc1cc(C)c([C@@H](C)NC(=O)c2ccc(Cn3ccnc3C)cc2)cc1C(C)C. The van der Waals surface area contributed by atoms with Gasteiger partial charge in [-0.3, -0.25) is 4.79 Å². The van der Waals surface area contributed by atoms with Crippen molar-refractivity contribution >= 4 is 5.91 Å². The number of nitrogens with one attached hydrogen (secondary N) is 1. The first-order chi connectivity index (χ1) is 14.3. The predicted molar refractivity (Wildman–Crippen MR) is 120 cm³/mol. The lowest BCUT2D eigenvalue weighted by molar-refractivity contribution is 0.0940. The maximum atomic E-state index is 12.8. The molecular weight excluding hydrogens is 374 g/mol. The minimum Gasteiger partial charge on any atom is -0.496 e. The van der Waals surface area contributed by atoms with Crippen LogP contribution in [-0.2, 0) is 6.54 Å². The van der Waals surface area contributed by atoms with E-state index >= 15 is 0 Å². The first kappa shape index (κ1) is 21.6. The van der Waals surface area contributed by atoms with Crippen LogP contribution in [0.25, 0.3) is 0 Å². The van der Waals surface area contributed by atoms with Crippen molar-refractivity contribution in [3.63, 3.8) is 0 Å². The highest BCUT2D eigenvalue weighted by Gasteiger charge is 2.17. The molecule has 5 nitrogen and oxygen atoms in total. The molecule has 1 amide bonds. The minimum atomic E-state index is -0.103. The van der Waals surface area contributed by atoms with Crippen LogP contribution in [0.3, 0.4) is 0 Å². The summed E-state index contributed by atoms with van der Waals surface area (Å²) in [6.07, 6.45) is 3.75. The molecule has 1 N–H and O–H groups in total. The Labute approximate surface area is 179 Å². The quantitative estimate of drug-likeness (QED) is 0.590. The van der Waals surface area contributed by atoms with E-state index in [4.69, 9.17) is 4.74 Å². The van der Waals surface area contributed by atoms with Gasteiger partial charge in [0.15, 0.2) is 0 Å². The van der Waals surface area contributed by atoms with Crippen molar-refractivity contribution in [3.05, 3.63) is 82.4 Å². The molecule has 158 valence electrons. The zero-order chi connectivity index (χ0) is 21.8. The summed E-state index contributed by atoms with van der Waals surface area (Å²) in [5.74, 6) is 2.14. The maximum absolute atomic E-state index is 12.8. The van der Waals surface area contributed by atoms with E-state index in [1.807, 2.05) is 44.3 Å². The van der Waals surface area contributed by atoms with E-state index < -0.39 is 0 Å². The van der Waals surface area contributed by atoms with Crippen LogP contribution in [0.1, 0.15) is 71.2 Å². The van der Waals surface area contributed by atoms with E-state index in [0.717, 1.165) is 40.4 Å². The number of imidazole rings is 1. The van der Waals surface area contributed by atoms with E-state index in [0.29, 0.717) is 11.5 Å². The van der Waals surface area contributed by atoms with E-state index in [9.17, 15) is 4.79 Å². The summed E-state index contributed by atoms with van der Waals surface area (Å²) in [5, 5.41) is 3.14. The monoisotopic (exact) mass is 405 g/mol. The average Bonchev–Trinajstić information content (AvgIpc) is 3.12. The lowest BCUT2D eigenvalue weighted by atomic mass is 9.93. The van der Waals surface area contributed by atoms with E-state index in [1.54, 1.807) is 13.3 Å². The fourth-order valence-electron chi connectivity index (χ4n) is 3.70. The number of carbonyl (C=O) groups is 1. The van der Waals surface area contributed by atoms with Gasteiger partial charge >= 0.3 is 0 Å². The fourth-order valence-corrected chi connectivity index (χ4v) is 3.70. The second-order valence-electron chi connectivity index (χ2n) is 8.10. The van der Waals surface area contributed by atoms with Crippen LogP contribution in [0.2, 0.25) is 0 Å². The number of ether oxygens (including phenoxy) is 1. The number of benzene rings is 2. The summed E-state index contributed by atoms with van der Waals surface area (Å²) in [5.41, 5.74) is 5.16. The van der Waals surface area contributed by atoms with Gasteiger partial charge in [0.1, 0.15) is 11.6 Å². The highest BCUT2D eigenvalue weighted by molar-refractivity contribution is 5.94. The van der Waals surface area contributed by atoms with Crippen molar-refractivity contribution in [2.45, 2.75) is 53.1 Å². The summed E-state index contributed by atoms with van der Waals surface area (Å²) in [6.45, 7) is 11.1. The molecule has 3 aromatic rings. The van der Waals surface area contributed by atoms with Crippen LogP contribution >= 0.6 is 0 Å². The zero-order valence-electron chi connectivity index (χ0n) is 18.7. The lowest BCUT2D eigenvalue weighted by Crippen LogP contribution is -2.27. The summed E-state index contributed by atoms with van der Waals surface area (Å²) in [7, 11) is 1.70. The van der Waals surface area contributed by atoms with Gasteiger partial charge in [0.05, 0.1) is 13.2 Å². The molecule has 0 bridgehead atoms. The molecule has 2 aromatic carbocycles. The molecule has 0 spiro atoms. The maximum Gasteiger partial charge on any atom is 0.251 e. The van der Waals surface area contributed by atoms with Gasteiger partial charge in [-0.2, -0.15) is 0 Å². The van der Waals surface area contributed by atoms with Gasteiger partial charge in [-0.25, -0.2) is 4.98 Å². The number of aromatic nitrogens is 2. The highest BCUT2D eigenvalue weighted by Crippen LogP contribution is 2.32. The molecule has 3 rings (SSSR count). The van der Waals surface area contributed by atoms with E-state index in [-0.39, 0.29) is 11.9 Å². The number of hydrogen-bond acceptors (Lipinski definition) is 3. The van der Waals surface area contributed by atoms with Crippen molar-refractivity contribution in [2.75, 3.05) is 7.11 Å². The average molecular weight is 406 g/mol. The Morgan fingerprint density at radius 3 is 2.37 bits per heavy atom.